The van der Waals surface area contributed by atoms with Crippen molar-refractivity contribution < 1.29 is 4.42 Å². The molecule has 11 aromatic rings. The third kappa shape index (κ3) is 4.15. The average Bonchev–Trinajstić information content (AvgIpc) is 3.86. The molecule has 0 atom stereocenters. The smallest absolute Gasteiger partial charge is 0.162 e. The summed E-state index contributed by atoms with van der Waals surface area (Å²) in [5, 5.41) is 6.87. The maximum absolute atomic E-state index is 6.18. The molecule has 0 unspecified atom stereocenters. The highest BCUT2D eigenvalue weighted by Gasteiger charge is 2.22. The van der Waals surface area contributed by atoms with Gasteiger partial charge in [-0.3, -0.25) is 4.57 Å². The van der Waals surface area contributed by atoms with E-state index in [0.29, 0.717) is 5.82 Å². The Hall–Kier alpha value is -6.98. The number of benzene rings is 7. The van der Waals surface area contributed by atoms with Gasteiger partial charge in [0.25, 0.3) is 0 Å². The molecule has 0 amide bonds. The number of para-hydroxylation sites is 4. The first-order valence-corrected chi connectivity index (χ1v) is 17.2. The van der Waals surface area contributed by atoms with Gasteiger partial charge >= 0.3 is 0 Å². The lowest BCUT2D eigenvalue weighted by Gasteiger charge is -2.13. The molecule has 0 fully saturated rings. The Morgan fingerprint density at radius 1 is 0.412 bits per heavy atom. The number of hydrogen-bond donors (Lipinski definition) is 0. The Labute approximate surface area is 292 Å². The molecule has 0 bridgehead atoms. The molecule has 5 heteroatoms. The van der Waals surface area contributed by atoms with Gasteiger partial charge in [0, 0.05) is 55.2 Å². The van der Waals surface area contributed by atoms with Gasteiger partial charge in [-0.15, -0.1) is 0 Å². The van der Waals surface area contributed by atoms with E-state index in [4.69, 9.17) is 14.4 Å². The largest absolute Gasteiger partial charge is 0.456 e. The van der Waals surface area contributed by atoms with Gasteiger partial charge in [0.2, 0.25) is 0 Å². The number of aromatic nitrogens is 4. The fourth-order valence-corrected chi connectivity index (χ4v) is 7.90. The summed E-state index contributed by atoms with van der Waals surface area (Å²) in [6.45, 7) is 0. The normalized spacial score (nSPS) is 11.9. The molecule has 0 aliphatic rings. The first-order valence-electron chi connectivity index (χ1n) is 17.2. The van der Waals surface area contributed by atoms with Gasteiger partial charge in [-0.1, -0.05) is 109 Å². The molecular weight excluding hydrogens is 625 g/mol. The number of nitrogens with zero attached hydrogens (tertiary/aromatic N) is 4. The van der Waals surface area contributed by atoms with Crippen LogP contribution in [0.25, 0.3) is 99.7 Å². The molecule has 7 aromatic carbocycles. The summed E-state index contributed by atoms with van der Waals surface area (Å²) in [4.78, 5) is 10.6. The Morgan fingerprint density at radius 2 is 1.08 bits per heavy atom. The zero-order chi connectivity index (χ0) is 33.5. The van der Waals surface area contributed by atoms with Crippen molar-refractivity contribution in [3.05, 3.63) is 170 Å². The maximum Gasteiger partial charge on any atom is 0.162 e. The Kier molecular flexibility index (Phi) is 5.89. The minimum Gasteiger partial charge on any atom is -0.456 e. The monoisotopic (exact) mass is 652 g/mol. The Balaban J connectivity index is 1.26. The number of rotatable bonds is 4. The lowest BCUT2D eigenvalue weighted by molar-refractivity contribution is 0.669. The Morgan fingerprint density at radius 3 is 1.90 bits per heavy atom. The van der Waals surface area contributed by atoms with Crippen molar-refractivity contribution >= 4 is 65.6 Å². The zero-order valence-corrected chi connectivity index (χ0v) is 27.4. The second-order valence-electron chi connectivity index (χ2n) is 13.0. The molecule has 0 saturated carbocycles. The second kappa shape index (κ2) is 10.8. The molecule has 238 valence electrons. The molecule has 4 heterocycles. The first kappa shape index (κ1) is 27.9. The van der Waals surface area contributed by atoms with E-state index in [-0.39, 0.29) is 0 Å². The van der Waals surface area contributed by atoms with E-state index in [2.05, 4.69) is 149 Å². The Bertz CT molecular complexity index is 3130. The predicted octanol–water partition coefficient (Wildman–Crippen LogP) is 11.9. The van der Waals surface area contributed by atoms with E-state index in [9.17, 15) is 0 Å². The van der Waals surface area contributed by atoms with Crippen molar-refractivity contribution in [3.8, 4) is 34.2 Å². The zero-order valence-electron chi connectivity index (χ0n) is 27.4. The van der Waals surface area contributed by atoms with Gasteiger partial charge in [0.15, 0.2) is 5.82 Å². The van der Waals surface area contributed by atoms with Crippen LogP contribution in [0.15, 0.2) is 174 Å². The van der Waals surface area contributed by atoms with E-state index in [1.165, 1.54) is 21.5 Å². The molecule has 0 saturated heterocycles. The summed E-state index contributed by atoms with van der Waals surface area (Å²) >= 11 is 0. The molecule has 51 heavy (non-hydrogen) atoms. The van der Waals surface area contributed by atoms with Crippen molar-refractivity contribution in [1.82, 2.24) is 19.1 Å². The summed E-state index contributed by atoms with van der Waals surface area (Å²) in [6, 6.07) is 59.5. The SMILES string of the molecule is c1ccc(-c2cc(-n3c4ccccc4c4ccc5c(c6ccccc6n5-c5ccccc5)c43)nc(-c3ccc4oc5ccccc5c4c3)n2)cc1. The summed E-state index contributed by atoms with van der Waals surface area (Å²) < 4.78 is 10.9. The lowest BCUT2D eigenvalue weighted by Crippen LogP contribution is -2.03. The third-order valence-corrected chi connectivity index (χ3v) is 10.1. The van der Waals surface area contributed by atoms with Crippen LogP contribution in [0.5, 0.6) is 0 Å². The standard InChI is InChI=1S/C46H28N4O/c1-3-13-29(14-4-1)37-28-43(48-46(47-37)30-23-26-42-36(27-30)33-18-9-12-22-41(33)51-42)50-38-20-10-7-17-32(38)34-24-25-40-44(45(34)50)35-19-8-11-21-39(35)49(40)31-15-5-2-6-16-31/h1-28H. The van der Waals surface area contributed by atoms with Gasteiger partial charge in [-0.05, 0) is 54.6 Å². The topological polar surface area (TPSA) is 48.8 Å². The van der Waals surface area contributed by atoms with Crippen LogP contribution in [0, 0.1) is 0 Å². The molecule has 0 radical (unpaired) electrons. The van der Waals surface area contributed by atoms with E-state index < -0.39 is 0 Å². The molecule has 11 rings (SSSR count). The van der Waals surface area contributed by atoms with Gasteiger partial charge in [0.05, 0.1) is 27.8 Å². The number of hydrogen-bond acceptors (Lipinski definition) is 3. The van der Waals surface area contributed by atoms with Crippen molar-refractivity contribution in [2.45, 2.75) is 0 Å². The van der Waals surface area contributed by atoms with Crippen LogP contribution in [0.1, 0.15) is 0 Å². The summed E-state index contributed by atoms with van der Waals surface area (Å²) in [5.74, 6) is 1.47. The fourth-order valence-electron chi connectivity index (χ4n) is 7.90. The van der Waals surface area contributed by atoms with E-state index in [1.54, 1.807) is 0 Å². The third-order valence-electron chi connectivity index (χ3n) is 10.1. The maximum atomic E-state index is 6.18. The minimum absolute atomic E-state index is 0.656. The van der Waals surface area contributed by atoms with Crippen molar-refractivity contribution in [2.75, 3.05) is 0 Å². The lowest BCUT2D eigenvalue weighted by atomic mass is 10.1. The quantitative estimate of drug-likeness (QED) is 0.190. The number of furan rings is 1. The molecule has 4 aromatic heterocycles. The highest BCUT2D eigenvalue weighted by molar-refractivity contribution is 6.26. The van der Waals surface area contributed by atoms with Crippen molar-refractivity contribution in [1.29, 1.82) is 0 Å². The molecule has 5 nitrogen and oxygen atoms in total. The number of fused-ring (bicyclic) bond motifs is 10. The van der Waals surface area contributed by atoms with Crippen LogP contribution in [-0.4, -0.2) is 19.1 Å². The average molecular weight is 653 g/mol. The fraction of sp³-hybridized carbons (Fsp3) is 0. The van der Waals surface area contributed by atoms with Crippen molar-refractivity contribution in [3.63, 3.8) is 0 Å². The van der Waals surface area contributed by atoms with Crippen LogP contribution in [0.2, 0.25) is 0 Å². The molecular formula is C46H28N4O. The summed E-state index contributed by atoms with van der Waals surface area (Å²) in [5.41, 5.74) is 10.2. The van der Waals surface area contributed by atoms with Crippen LogP contribution >= 0.6 is 0 Å². The molecule has 0 aliphatic heterocycles. The van der Waals surface area contributed by atoms with E-state index in [1.807, 2.05) is 30.3 Å². The van der Waals surface area contributed by atoms with E-state index >= 15 is 0 Å². The molecule has 0 aliphatic carbocycles. The van der Waals surface area contributed by atoms with Gasteiger partial charge in [-0.2, -0.15) is 0 Å². The van der Waals surface area contributed by atoms with E-state index in [0.717, 1.165) is 72.3 Å². The molecule has 0 N–H and O–H groups in total. The molecule has 0 spiro atoms. The van der Waals surface area contributed by atoms with Gasteiger partial charge < -0.3 is 8.98 Å². The predicted molar refractivity (Wildman–Crippen MR) is 209 cm³/mol. The van der Waals surface area contributed by atoms with Crippen LogP contribution in [0.4, 0.5) is 0 Å². The van der Waals surface area contributed by atoms with Crippen LogP contribution in [-0.2, 0) is 0 Å². The second-order valence-corrected chi connectivity index (χ2v) is 13.0. The highest BCUT2D eigenvalue weighted by atomic mass is 16.3. The summed E-state index contributed by atoms with van der Waals surface area (Å²) in [6.07, 6.45) is 0. The van der Waals surface area contributed by atoms with Gasteiger partial charge in [-0.25, -0.2) is 9.97 Å². The summed E-state index contributed by atoms with van der Waals surface area (Å²) in [7, 11) is 0. The van der Waals surface area contributed by atoms with Crippen molar-refractivity contribution in [2.24, 2.45) is 0 Å². The highest BCUT2D eigenvalue weighted by Crippen LogP contribution is 2.42. The van der Waals surface area contributed by atoms with Gasteiger partial charge in [0.1, 0.15) is 17.0 Å². The van der Waals surface area contributed by atoms with Crippen LogP contribution < -0.4 is 0 Å². The minimum atomic E-state index is 0.656. The first-order chi connectivity index (χ1) is 25.3. The van der Waals surface area contributed by atoms with Crippen LogP contribution in [0.3, 0.4) is 0 Å².